The van der Waals surface area contributed by atoms with Crippen molar-refractivity contribution in [1.29, 1.82) is 0 Å². The first-order chi connectivity index (χ1) is 13.1. The van der Waals surface area contributed by atoms with Gasteiger partial charge in [0.2, 0.25) is 10.0 Å². The summed E-state index contributed by atoms with van der Waals surface area (Å²) in [5.41, 5.74) is 3.29. The molecule has 1 atom stereocenters. The number of thioether (sulfide) groups is 1. The van der Waals surface area contributed by atoms with Crippen molar-refractivity contribution < 1.29 is 8.42 Å². The lowest BCUT2D eigenvalue weighted by Gasteiger charge is -2.25. The van der Waals surface area contributed by atoms with E-state index >= 15 is 0 Å². The van der Waals surface area contributed by atoms with Crippen molar-refractivity contribution in [2.24, 2.45) is 0 Å². The Morgan fingerprint density at radius 3 is 2.63 bits per heavy atom. The van der Waals surface area contributed by atoms with Crippen molar-refractivity contribution in [3.05, 3.63) is 75.8 Å². The second kappa shape index (κ2) is 6.62. The van der Waals surface area contributed by atoms with E-state index in [0.29, 0.717) is 11.4 Å². The van der Waals surface area contributed by atoms with Crippen LogP contribution in [0.5, 0.6) is 0 Å². The van der Waals surface area contributed by atoms with E-state index in [4.69, 9.17) is 0 Å². The third kappa shape index (κ3) is 2.85. The molecule has 0 radical (unpaired) electrons. The molecule has 0 amide bonds. The Bertz CT molecular complexity index is 1140. The molecular formula is C21H18BrNO2S2. The van der Waals surface area contributed by atoms with Crippen LogP contribution in [0.4, 0.5) is 0 Å². The van der Waals surface area contributed by atoms with Gasteiger partial charge in [-0.15, -0.1) is 11.8 Å². The minimum Gasteiger partial charge on any atom is -0.207 e. The first-order valence-corrected chi connectivity index (χ1v) is 12.3. The molecule has 1 fully saturated rings. The quantitative estimate of drug-likeness (QED) is 0.544. The van der Waals surface area contributed by atoms with E-state index in [1.54, 1.807) is 16.1 Å². The molecule has 0 unspecified atom stereocenters. The average Bonchev–Trinajstić information content (AvgIpc) is 3.32. The number of sulfonamides is 1. The van der Waals surface area contributed by atoms with E-state index in [1.165, 1.54) is 5.56 Å². The Balaban J connectivity index is 1.61. The third-order valence-corrected chi connectivity index (χ3v) is 9.30. The molecule has 3 nitrogen and oxygen atoms in total. The molecule has 0 aromatic heterocycles. The van der Waals surface area contributed by atoms with E-state index in [2.05, 4.69) is 34.1 Å². The van der Waals surface area contributed by atoms with E-state index in [1.807, 2.05) is 36.4 Å². The van der Waals surface area contributed by atoms with Gasteiger partial charge in [-0.1, -0.05) is 52.3 Å². The van der Waals surface area contributed by atoms with Crippen LogP contribution in [0.3, 0.4) is 0 Å². The summed E-state index contributed by atoms with van der Waals surface area (Å²) in [7, 11) is -3.55. The highest BCUT2D eigenvalue weighted by molar-refractivity contribution is 9.10. The highest BCUT2D eigenvalue weighted by atomic mass is 79.9. The summed E-state index contributed by atoms with van der Waals surface area (Å²) in [5.74, 6) is 0.814. The molecular weight excluding hydrogens is 442 g/mol. The molecule has 0 saturated carbocycles. The molecule has 1 saturated heterocycles. The zero-order chi connectivity index (χ0) is 18.6. The van der Waals surface area contributed by atoms with Crippen LogP contribution in [-0.4, -0.2) is 25.0 Å². The highest BCUT2D eigenvalue weighted by Gasteiger charge is 2.38. The van der Waals surface area contributed by atoms with Gasteiger partial charge in [0.05, 0.1) is 10.3 Å². The molecule has 1 aliphatic heterocycles. The van der Waals surface area contributed by atoms with E-state index in [0.717, 1.165) is 45.0 Å². The van der Waals surface area contributed by atoms with Crippen LogP contribution in [0.25, 0.3) is 10.8 Å². The molecule has 138 valence electrons. The Kier molecular flexibility index (Phi) is 4.35. The van der Waals surface area contributed by atoms with E-state index in [-0.39, 0.29) is 5.37 Å². The van der Waals surface area contributed by atoms with Gasteiger partial charge in [-0.05, 0) is 58.5 Å². The van der Waals surface area contributed by atoms with Gasteiger partial charge in [-0.3, -0.25) is 0 Å². The molecule has 1 aliphatic carbocycles. The maximum Gasteiger partial charge on any atom is 0.244 e. The highest BCUT2D eigenvalue weighted by Crippen LogP contribution is 2.44. The summed E-state index contributed by atoms with van der Waals surface area (Å²) in [6.45, 7) is 0.548. The van der Waals surface area contributed by atoms with Gasteiger partial charge in [0, 0.05) is 16.8 Å². The van der Waals surface area contributed by atoms with Crippen molar-refractivity contribution in [1.82, 2.24) is 4.31 Å². The van der Waals surface area contributed by atoms with Gasteiger partial charge >= 0.3 is 0 Å². The van der Waals surface area contributed by atoms with Crippen LogP contribution in [0.1, 0.15) is 22.1 Å². The lowest BCUT2D eigenvalue weighted by Crippen LogP contribution is -2.31. The fourth-order valence-electron chi connectivity index (χ4n) is 4.19. The number of halogens is 1. The largest absolute Gasteiger partial charge is 0.244 e. The predicted molar refractivity (Wildman–Crippen MR) is 115 cm³/mol. The summed E-state index contributed by atoms with van der Waals surface area (Å²) in [6, 6.07) is 18.0. The minimum atomic E-state index is -3.55. The summed E-state index contributed by atoms with van der Waals surface area (Å²) in [6.07, 6.45) is 1.72. The molecule has 0 bridgehead atoms. The van der Waals surface area contributed by atoms with Gasteiger partial charge in [0.25, 0.3) is 0 Å². The van der Waals surface area contributed by atoms with Gasteiger partial charge in [0.15, 0.2) is 0 Å². The number of nitrogens with zero attached hydrogens (tertiary/aromatic N) is 1. The van der Waals surface area contributed by atoms with Crippen LogP contribution < -0.4 is 0 Å². The zero-order valence-corrected chi connectivity index (χ0v) is 17.8. The summed E-state index contributed by atoms with van der Waals surface area (Å²) in [4.78, 5) is 0.490. The molecule has 2 aliphatic rings. The summed E-state index contributed by atoms with van der Waals surface area (Å²) < 4.78 is 29.9. The van der Waals surface area contributed by atoms with Gasteiger partial charge < -0.3 is 0 Å². The van der Waals surface area contributed by atoms with E-state index in [9.17, 15) is 8.42 Å². The lowest BCUT2D eigenvalue weighted by molar-refractivity contribution is 0.434. The predicted octanol–water partition coefficient (Wildman–Crippen LogP) is 5.14. The third-order valence-electron chi connectivity index (χ3n) is 5.43. The van der Waals surface area contributed by atoms with Crippen LogP contribution in [0.2, 0.25) is 0 Å². The summed E-state index contributed by atoms with van der Waals surface area (Å²) in [5, 5.41) is 2.12. The fraction of sp³-hybridized carbons (Fsp3) is 0.238. The molecule has 6 heteroatoms. The minimum absolute atomic E-state index is 0.164. The van der Waals surface area contributed by atoms with Gasteiger partial charge in [-0.25, -0.2) is 8.42 Å². The maximum atomic E-state index is 13.6. The first kappa shape index (κ1) is 17.7. The molecule has 0 N–H and O–H groups in total. The topological polar surface area (TPSA) is 37.4 Å². The smallest absolute Gasteiger partial charge is 0.207 e. The number of rotatable bonds is 3. The van der Waals surface area contributed by atoms with Crippen molar-refractivity contribution in [2.75, 3.05) is 12.3 Å². The Hall–Kier alpha value is -1.34. The molecule has 3 aromatic rings. The van der Waals surface area contributed by atoms with Gasteiger partial charge in [-0.2, -0.15) is 4.31 Å². The Labute approximate surface area is 171 Å². The van der Waals surface area contributed by atoms with E-state index < -0.39 is 10.0 Å². The molecule has 0 spiro atoms. The second-order valence-corrected chi connectivity index (χ2v) is 10.9. The second-order valence-electron chi connectivity index (χ2n) is 6.95. The summed E-state index contributed by atoms with van der Waals surface area (Å²) >= 11 is 5.15. The Morgan fingerprint density at radius 2 is 1.81 bits per heavy atom. The van der Waals surface area contributed by atoms with Crippen molar-refractivity contribution in [2.45, 2.75) is 23.1 Å². The average molecular weight is 460 g/mol. The number of hydrogen-bond acceptors (Lipinski definition) is 3. The first-order valence-electron chi connectivity index (χ1n) is 8.98. The van der Waals surface area contributed by atoms with Crippen LogP contribution >= 0.6 is 27.7 Å². The molecule has 1 heterocycles. The molecule has 3 aromatic carbocycles. The SMILES string of the molecule is O=S(=O)(c1ccc2cccc3c2c1CC3)N1CCS[C@H]1c1ccc(Br)cc1. The number of benzene rings is 3. The van der Waals surface area contributed by atoms with Gasteiger partial charge in [0.1, 0.15) is 0 Å². The normalized spacial score (nSPS) is 19.8. The zero-order valence-electron chi connectivity index (χ0n) is 14.6. The number of aryl methyl sites for hydroxylation is 2. The van der Waals surface area contributed by atoms with Crippen LogP contribution in [0, 0.1) is 0 Å². The lowest BCUT2D eigenvalue weighted by atomic mass is 10.1. The van der Waals surface area contributed by atoms with Crippen LogP contribution in [0.15, 0.2) is 64.0 Å². The van der Waals surface area contributed by atoms with Crippen molar-refractivity contribution >= 4 is 48.5 Å². The molecule has 27 heavy (non-hydrogen) atoms. The molecule has 5 rings (SSSR count). The standard InChI is InChI=1S/C21H18BrNO2S2/c22-17-8-4-16(5-9-17)21-23(12-13-26-21)27(24,25)19-11-7-15-3-1-2-14-6-10-18(19)20(14)15/h1-5,7-9,11,21H,6,10,12-13H2/t21-/m0/s1. The monoisotopic (exact) mass is 459 g/mol. The number of hydrogen-bond donors (Lipinski definition) is 0. The maximum absolute atomic E-state index is 13.6. The fourth-order valence-corrected chi connectivity index (χ4v) is 7.95. The van der Waals surface area contributed by atoms with Crippen molar-refractivity contribution in [3.63, 3.8) is 0 Å². The van der Waals surface area contributed by atoms with Crippen molar-refractivity contribution in [3.8, 4) is 0 Å². The van der Waals surface area contributed by atoms with Crippen LogP contribution in [-0.2, 0) is 22.9 Å². The Morgan fingerprint density at radius 1 is 1.00 bits per heavy atom.